The molecule has 0 atom stereocenters. The molecule has 0 amide bonds. The molecule has 0 aliphatic heterocycles. The molecule has 4 heteroatoms. The molecule has 0 unspecified atom stereocenters. The van der Waals surface area contributed by atoms with Crippen LogP contribution in [-0.4, -0.2) is 20.6 Å². The summed E-state index contributed by atoms with van der Waals surface area (Å²) in [6, 6.07) is 2.58. The van der Waals surface area contributed by atoms with Crippen molar-refractivity contribution < 1.29 is 0 Å². The first kappa shape index (κ1) is 11.5. The highest BCUT2D eigenvalue weighted by atomic mass is 15.2. The summed E-state index contributed by atoms with van der Waals surface area (Å²) in [6.45, 7) is 0. The smallest absolute Gasteiger partial charge is 0.152 e. The number of nitrogens with zero attached hydrogens (tertiary/aromatic N) is 3. The lowest BCUT2D eigenvalue weighted by atomic mass is 9.97. The molecule has 1 saturated carbocycles. The van der Waals surface area contributed by atoms with E-state index in [0.29, 0.717) is 6.04 Å². The maximum absolute atomic E-state index is 4.46. The molecule has 18 heavy (non-hydrogen) atoms. The van der Waals surface area contributed by atoms with Crippen molar-refractivity contribution in [3.63, 3.8) is 0 Å². The van der Waals surface area contributed by atoms with Crippen molar-refractivity contribution in [2.24, 2.45) is 0 Å². The van der Waals surface area contributed by atoms with E-state index in [0.717, 1.165) is 11.3 Å². The predicted molar refractivity (Wildman–Crippen MR) is 72.7 cm³/mol. The van der Waals surface area contributed by atoms with Crippen molar-refractivity contribution in [1.29, 1.82) is 0 Å². The summed E-state index contributed by atoms with van der Waals surface area (Å²) in [7, 11) is 0. The summed E-state index contributed by atoms with van der Waals surface area (Å²) < 4.78 is 1.87. The molecular formula is C14H20N4. The number of hydrogen-bond acceptors (Lipinski definition) is 3. The van der Waals surface area contributed by atoms with Gasteiger partial charge in [-0.3, -0.25) is 0 Å². The lowest BCUT2D eigenvalue weighted by Crippen LogP contribution is -2.21. The highest BCUT2D eigenvalue weighted by Crippen LogP contribution is 2.21. The highest BCUT2D eigenvalue weighted by Gasteiger charge is 2.13. The van der Waals surface area contributed by atoms with Crippen molar-refractivity contribution in [2.75, 3.05) is 5.32 Å². The number of fused-ring (bicyclic) bond motifs is 1. The zero-order valence-corrected chi connectivity index (χ0v) is 10.7. The molecule has 2 heterocycles. The fourth-order valence-corrected chi connectivity index (χ4v) is 2.76. The third-order valence-electron chi connectivity index (χ3n) is 3.77. The Balaban J connectivity index is 1.76. The van der Waals surface area contributed by atoms with Crippen molar-refractivity contribution in [3.05, 3.63) is 24.7 Å². The Morgan fingerprint density at radius 1 is 1.06 bits per heavy atom. The van der Waals surface area contributed by atoms with Crippen LogP contribution in [0, 0.1) is 0 Å². The maximum Gasteiger partial charge on any atom is 0.152 e. The summed E-state index contributed by atoms with van der Waals surface area (Å²) in [5, 5.41) is 7.85. The predicted octanol–water partition coefficient (Wildman–Crippen LogP) is 3.25. The highest BCUT2D eigenvalue weighted by molar-refractivity contribution is 5.67. The van der Waals surface area contributed by atoms with Crippen molar-refractivity contribution in [3.8, 4) is 0 Å². The van der Waals surface area contributed by atoms with Gasteiger partial charge in [0.1, 0.15) is 5.52 Å². The van der Waals surface area contributed by atoms with Crippen molar-refractivity contribution >= 4 is 11.3 Å². The van der Waals surface area contributed by atoms with Crippen LogP contribution in [0.4, 0.5) is 5.82 Å². The summed E-state index contributed by atoms with van der Waals surface area (Å²) in [5.74, 6) is 0.973. The van der Waals surface area contributed by atoms with Crippen LogP contribution in [0.15, 0.2) is 24.7 Å². The Morgan fingerprint density at radius 3 is 2.67 bits per heavy atom. The zero-order valence-electron chi connectivity index (χ0n) is 10.7. The molecule has 1 fully saturated rings. The third-order valence-corrected chi connectivity index (χ3v) is 3.77. The Kier molecular flexibility index (Phi) is 3.44. The molecule has 1 aliphatic carbocycles. The van der Waals surface area contributed by atoms with E-state index in [2.05, 4.69) is 15.4 Å². The van der Waals surface area contributed by atoms with Crippen LogP contribution in [0.25, 0.3) is 5.52 Å². The lowest BCUT2D eigenvalue weighted by molar-refractivity contribution is 0.471. The largest absolute Gasteiger partial charge is 0.366 e. The SMILES string of the molecule is c1cn2nccc2c(NC2CCCCCCC2)n1. The van der Waals surface area contributed by atoms with Crippen LogP contribution in [0.3, 0.4) is 0 Å². The fraction of sp³-hybridized carbons (Fsp3) is 0.571. The van der Waals surface area contributed by atoms with E-state index < -0.39 is 0 Å². The number of hydrogen-bond donors (Lipinski definition) is 1. The molecule has 96 valence electrons. The van der Waals surface area contributed by atoms with E-state index in [4.69, 9.17) is 0 Å². The molecule has 0 radical (unpaired) electrons. The van der Waals surface area contributed by atoms with Crippen LogP contribution in [-0.2, 0) is 0 Å². The van der Waals surface area contributed by atoms with E-state index in [9.17, 15) is 0 Å². The number of anilines is 1. The zero-order chi connectivity index (χ0) is 12.2. The minimum Gasteiger partial charge on any atom is -0.366 e. The van der Waals surface area contributed by atoms with E-state index in [-0.39, 0.29) is 0 Å². The summed E-state index contributed by atoms with van der Waals surface area (Å²) in [5.41, 5.74) is 1.07. The molecular weight excluding hydrogens is 224 g/mol. The number of rotatable bonds is 2. The Bertz CT molecular complexity index is 497. The molecule has 1 aliphatic rings. The average Bonchev–Trinajstić information content (AvgIpc) is 2.81. The average molecular weight is 244 g/mol. The first-order valence-electron chi connectivity index (χ1n) is 6.98. The molecule has 0 spiro atoms. The first-order chi connectivity index (χ1) is 8.93. The van der Waals surface area contributed by atoms with Crippen molar-refractivity contribution in [2.45, 2.75) is 51.0 Å². The molecule has 2 aromatic rings. The minimum absolute atomic E-state index is 0.568. The standard InChI is InChI=1S/C14H20N4/c1-2-4-6-12(7-5-3-1)17-14-13-8-9-16-18(13)11-10-15-14/h8-12H,1-7H2,(H,15,17). The van der Waals surface area contributed by atoms with E-state index in [1.54, 1.807) is 0 Å². The Labute approximate surface area is 107 Å². The Morgan fingerprint density at radius 2 is 1.83 bits per heavy atom. The van der Waals surface area contributed by atoms with Gasteiger partial charge in [0.25, 0.3) is 0 Å². The Hall–Kier alpha value is -1.58. The normalized spacial score (nSPS) is 18.4. The molecule has 3 rings (SSSR count). The van der Waals surface area contributed by atoms with Crippen LogP contribution in [0.2, 0.25) is 0 Å². The number of nitrogens with one attached hydrogen (secondary N) is 1. The molecule has 2 aromatic heterocycles. The second-order valence-electron chi connectivity index (χ2n) is 5.12. The van der Waals surface area contributed by atoms with E-state index in [1.165, 1.54) is 44.9 Å². The van der Waals surface area contributed by atoms with Gasteiger partial charge in [-0.25, -0.2) is 9.50 Å². The summed E-state index contributed by atoms with van der Waals surface area (Å²) in [4.78, 5) is 4.46. The van der Waals surface area contributed by atoms with Gasteiger partial charge in [0.15, 0.2) is 5.82 Å². The van der Waals surface area contributed by atoms with Gasteiger partial charge in [-0.05, 0) is 18.9 Å². The quantitative estimate of drug-likeness (QED) is 0.881. The van der Waals surface area contributed by atoms with Gasteiger partial charge < -0.3 is 5.32 Å². The maximum atomic E-state index is 4.46. The van der Waals surface area contributed by atoms with Gasteiger partial charge >= 0.3 is 0 Å². The monoisotopic (exact) mass is 244 g/mol. The molecule has 0 bridgehead atoms. The first-order valence-corrected chi connectivity index (χ1v) is 6.98. The van der Waals surface area contributed by atoms with Gasteiger partial charge in [0.05, 0.1) is 6.20 Å². The van der Waals surface area contributed by atoms with Crippen LogP contribution in [0.1, 0.15) is 44.9 Å². The molecule has 4 nitrogen and oxygen atoms in total. The third kappa shape index (κ3) is 2.47. The molecule has 0 aromatic carbocycles. The summed E-state index contributed by atoms with van der Waals surface area (Å²) in [6.07, 6.45) is 14.9. The molecule has 1 N–H and O–H groups in total. The van der Waals surface area contributed by atoms with E-state index >= 15 is 0 Å². The minimum atomic E-state index is 0.568. The molecule has 0 saturated heterocycles. The lowest BCUT2D eigenvalue weighted by Gasteiger charge is -2.21. The van der Waals surface area contributed by atoms with Crippen LogP contribution < -0.4 is 5.32 Å². The fourth-order valence-electron chi connectivity index (χ4n) is 2.76. The van der Waals surface area contributed by atoms with Gasteiger partial charge in [-0.2, -0.15) is 5.10 Å². The van der Waals surface area contributed by atoms with Gasteiger partial charge in [-0.15, -0.1) is 0 Å². The van der Waals surface area contributed by atoms with Crippen LogP contribution in [0.5, 0.6) is 0 Å². The number of aromatic nitrogens is 3. The van der Waals surface area contributed by atoms with Crippen molar-refractivity contribution in [1.82, 2.24) is 14.6 Å². The van der Waals surface area contributed by atoms with Gasteiger partial charge in [0, 0.05) is 18.4 Å². The second kappa shape index (κ2) is 5.38. The topological polar surface area (TPSA) is 42.2 Å². The summed E-state index contributed by atoms with van der Waals surface area (Å²) >= 11 is 0. The van der Waals surface area contributed by atoms with Gasteiger partial charge in [0.2, 0.25) is 0 Å². The van der Waals surface area contributed by atoms with Crippen LogP contribution >= 0.6 is 0 Å². The second-order valence-corrected chi connectivity index (χ2v) is 5.12. The van der Waals surface area contributed by atoms with E-state index in [1.807, 2.05) is 29.2 Å². The van der Waals surface area contributed by atoms with Gasteiger partial charge in [-0.1, -0.05) is 32.1 Å².